The largest absolute Gasteiger partial charge is 0.368 e. The molecule has 16 heavy (non-hydrogen) atoms. The van der Waals surface area contributed by atoms with E-state index >= 15 is 0 Å². The van der Waals surface area contributed by atoms with Gasteiger partial charge in [-0.1, -0.05) is 6.42 Å². The van der Waals surface area contributed by atoms with Crippen molar-refractivity contribution in [2.24, 2.45) is 5.84 Å². The highest BCUT2D eigenvalue weighted by molar-refractivity contribution is 7.99. The highest BCUT2D eigenvalue weighted by Crippen LogP contribution is 2.25. The second-order valence-electron chi connectivity index (χ2n) is 3.80. The molecule has 1 aromatic heterocycles. The highest BCUT2D eigenvalue weighted by atomic mass is 32.2. The lowest BCUT2D eigenvalue weighted by Crippen LogP contribution is -2.20. The predicted molar refractivity (Wildman–Crippen MR) is 68.4 cm³/mol. The first kappa shape index (κ1) is 11.5. The summed E-state index contributed by atoms with van der Waals surface area (Å²) in [4.78, 5) is 8.30. The van der Waals surface area contributed by atoms with Gasteiger partial charge < -0.3 is 10.7 Å². The number of rotatable bonds is 4. The van der Waals surface area contributed by atoms with Crippen LogP contribution in [0.25, 0.3) is 0 Å². The minimum Gasteiger partial charge on any atom is -0.368 e. The van der Waals surface area contributed by atoms with E-state index in [-0.39, 0.29) is 0 Å². The molecule has 5 nitrogen and oxygen atoms in total. The lowest BCUT2D eigenvalue weighted by atomic mass is 10.2. The fourth-order valence-electron chi connectivity index (χ4n) is 1.71. The lowest BCUT2D eigenvalue weighted by Gasteiger charge is -2.21. The van der Waals surface area contributed by atoms with Crippen LogP contribution in [0.1, 0.15) is 19.3 Å². The molecule has 1 fully saturated rings. The molecule has 1 unspecified atom stereocenters. The van der Waals surface area contributed by atoms with Gasteiger partial charge >= 0.3 is 0 Å². The normalized spacial score (nSPS) is 20.4. The van der Waals surface area contributed by atoms with Gasteiger partial charge in [-0.3, -0.25) is 4.98 Å². The molecule has 88 valence electrons. The van der Waals surface area contributed by atoms with Crippen molar-refractivity contribution in [3.05, 3.63) is 12.4 Å². The monoisotopic (exact) mass is 239 g/mol. The number of hydrazine groups is 1. The minimum atomic E-state index is 0.585. The SMILES string of the molecule is NNc1cncc(NCC2CCCCS2)n1. The molecule has 2 rings (SSSR count). The van der Waals surface area contributed by atoms with E-state index in [1.165, 1.54) is 25.0 Å². The van der Waals surface area contributed by atoms with Gasteiger partial charge in [0.25, 0.3) is 0 Å². The maximum absolute atomic E-state index is 5.27. The van der Waals surface area contributed by atoms with Crippen LogP contribution < -0.4 is 16.6 Å². The van der Waals surface area contributed by atoms with E-state index in [2.05, 4.69) is 20.7 Å². The van der Waals surface area contributed by atoms with E-state index in [9.17, 15) is 0 Å². The fraction of sp³-hybridized carbons (Fsp3) is 0.600. The van der Waals surface area contributed by atoms with E-state index in [1.54, 1.807) is 12.4 Å². The quantitative estimate of drug-likeness (QED) is 0.545. The molecule has 1 aliphatic rings. The topological polar surface area (TPSA) is 75.9 Å². The maximum Gasteiger partial charge on any atom is 0.160 e. The van der Waals surface area contributed by atoms with Crippen LogP contribution in [0.4, 0.5) is 11.6 Å². The average Bonchev–Trinajstić information content (AvgIpc) is 2.38. The summed E-state index contributed by atoms with van der Waals surface area (Å²) < 4.78 is 0. The van der Waals surface area contributed by atoms with Crippen molar-refractivity contribution in [3.63, 3.8) is 0 Å². The van der Waals surface area contributed by atoms with Gasteiger partial charge in [-0.05, 0) is 18.6 Å². The van der Waals surface area contributed by atoms with Crippen molar-refractivity contribution in [2.45, 2.75) is 24.5 Å². The Morgan fingerprint density at radius 3 is 3.00 bits per heavy atom. The van der Waals surface area contributed by atoms with Crippen molar-refractivity contribution >= 4 is 23.4 Å². The zero-order valence-electron chi connectivity index (χ0n) is 9.15. The summed E-state index contributed by atoms with van der Waals surface area (Å²) in [5.41, 5.74) is 2.49. The molecule has 1 saturated heterocycles. The number of aromatic nitrogens is 2. The number of anilines is 2. The van der Waals surface area contributed by atoms with Crippen LogP contribution in [0.3, 0.4) is 0 Å². The Labute approximate surface area is 99.6 Å². The van der Waals surface area contributed by atoms with Crippen LogP contribution in [-0.2, 0) is 0 Å². The number of nitrogens with zero attached hydrogens (tertiary/aromatic N) is 2. The molecule has 2 heterocycles. The van der Waals surface area contributed by atoms with Crippen molar-refractivity contribution in [2.75, 3.05) is 23.0 Å². The smallest absolute Gasteiger partial charge is 0.160 e. The molecule has 6 heteroatoms. The first-order valence-corrected chi connectivity index (χ1v) is 6.57. The van der Waals surface area contributed by atoms with Gasteiger partial charge in [-0.25, -0.2) is 10.8 Å². The molecular weight excluding hydrogens is 222 g/mol. The third-order valence-electron chi connectivity index (χ3n) is 2.57. The van der Waals surface area contributed by atoms with Crippen molar-refractivity contribution in [1.82, 2.24) is 9.97 Å². The summed E-state index contributed by atoms with van der Waals surface area (Å²) in [6.07, 6.45) is 7.30. The van der Waals surface area contributed by atoms with Gasteiger partial charge in [-0.2, -0.15) is 11.8 Å². The van der Waals surface area contributed by atoms with Gasteiger partial charge in [0.05, 0.1) is 12.4 Å². The fourth-order valence-corrected chi connectivity index (χ4v) is 2.95. The Hall–Kier alpha value is -1.01. The second-order valence-corrected chi connectivity index (χ2v) is 5.21. The number of nitrogens with one attached hydrogen (secondary N) is 2. The second kappa shape index (κ2) is 5.91. The summed E-state index contributed by atoms with van der Waals surface area (Å²) >= 11 is 2.04. The summed E-state index contributed by atoms with van der Waals surface area (Å²) in [6.45, 7) is 0.952. The van der Waals surface area contributed by atoms with Gasteiger partial charge in [-0.15, -0.1) is 0 Å². The number of thioether (sulfide) groups is 1. The standard InChI is InChI=1S/C10H17N5S/c11-15-10-7-12-6-9(14-10)13-5-8-3-1-2-4-16-8/h6-8H,1-5,11H2,(H2,13,14,15). The highest BCUT2D eigenvalue weighted by Gasteiger charge is 2.13. The first-order chi connectivity index (χ1) is 7.88. The van der Waals surface area contributed by atoms with Crippen LogP contribution in [0.5, 0.6) is 0 Å². The van der Waals surface area contributed by atoms with Crippen LogP contribution >= 0.6 is 11.8 Å². The van der Waals surface area contributed by atoms with Crippen LogP contribution in [0.2, 0.25) is 0 Å². The molecule has 0 bridgehead atoms. The van der Waals surface area contributed by atoms with Gasteiger partial charge in [0.15, 0.2) is 5.82 Å². The molecule has 0 aliphatic carbocycles. The van der Waals surface area contributed by atoms with E-state index < -0.39 is 0 Å². The van der Waals surface area contributed by atoms with Crippen LogP contribution in [0.15, 0.2) is 12.4 Å². The Bertz CT molecular complexity index is 327. The Balaban J connectivity index is 1.83. The Morgan fingerprint density at radius 2 is 2.25 bits per heavy atom. The summed E-state index contributed by atoms with van der Waals surface area (Å²) in [7, 11) is 0. The molecule has 1 aliphatic heterocycles. The van der Waals surface area contributed by atoms with Crippen molar-refractivity contribution < 1.29 is 0 Å². The molecule has 0 aromatic carbocycles. The third kappa shape index (κ3) is 3.24. The average molecular weight is 239 g/mol. The van der Waals surface area contributed by atoms with Gasteiger partial charge in [0, 0.05) is 11.8 Å². The van der Waals surface area contributed by atoms with E-state index in [4.69, 9.17) is 5.84 Å². The molecule has 1 atom stereocenters. The minimum absolute atomic E-state index is 0.585. The summed E-state index contributed by atoms with van der Waals surface area (Å²) in [5.74, 6) is 7.92. The zero-order valence-corrected chi connectivity index (χ0v) is 9.96. The van der Waals surface area contributed by atoms with Crippen molar-refractivity contribution in [1.29, 1.82) is 0 Å². The molecule has 0 saturated carbocycles. The molecule has 1 aromatic rings. The predicted octanol–water partition coefficient (Wildman–Crippen LogP) is 1.46. The van der Waals surface area contributed by atoms with Crippen molar-refractivity contribution in [3.8, 4) is 0 Å². The van der Waals surface area contributed by atoms with E-state index in [1.807, 2.05) is 11.8 Å². The zero-order chi connectivity index (χ0) is 11.2. The number of nitrogens with two attached hydrogens (primary N) is 1. The summed E-state index contributed by atoms with van der Waals surface area (Å²) in [5, 5.41) is 4.00. The lowest BCUT2D eigenvalue weighted by molar-refractivity contribution is 0.677. The van der Waals surface area contributed by atoms with E-state index in [0.29, 0.717) is 11.1 Å². The molecular formula is C10H17N5S. The molecule has 0 amide bonds. The van der Waals surface area contributed by atoms with E-state index in [0.717, 1.165) is 12.4 Å². The molecule has 0 spiro atoms. The molecule has 0 radical (unpaired) electrons. The van der Waals surface area contributed by atoms with Gasteiger partial charge in [0.1, 0.15) is 5.82 Å². The van der Waals surface area contributed by atoms with Gasteiger partial charge in [0.2, 0.25) is 0 Å². The first-order valence-electron chi connectivity index (χ1n) is 5.52. The maximum atomic E-state index is 5.27. The Morgan fingerprint density at radius 1 is 1.38 bits per heavy atom. The Kier molecular flexibility index (Phi) is 4.24. The number of hydrogen-bond acceptors (Lipinski definition) is 6. The third-order valence-corrected chi connectivity index (χ3v) is 3.97. The van der Waals surface area contributed by atoms with Crippen LogP contribution in [-0.4, -0.2) is 27.5 Å². The number of nitrogen functional groups attached to an aromatic ring is 1. The number of hydrogen-bond donors (Lipinski definition) is 3. The van der Waals surface area contributed by atoms with Crippen LogP contribution in [0, 0.1) is 0 Å². The molecule has 4 N–H and O–H groups in total. The summed E-state index contributed by atoms with van der Waals surface area (Å²) in [6, 6.07) is 0.